The number of carbonyl (C=O) groups is 2. The molecule has 0 aromatic heterocycles. The van der Waals surface area contributed by atoms with E-state index in [9.17, 15) is 9.59 Å². The predicted molar refractivity (Wildman–Crippen MR) is 75.0 cm³/mol. The topological polar surface area (TPSA) is 66.6 Å². The van der Waals surface area contributed by atoms with E-state index in [0.717, 1.165) is 0 Å². The first kappa shape index (κ1) is 13.4. The normalized spacial score (nSPS) is 19.7. The number of anilines is 2. The molecule has 2 N–H and O–H groups in total. The minimum absolute atomic E-state index is 0.0644. The van der Waals surface area contributed by atoms with E-state index < -0.39 is 6.04 Å². The molecule has 1 aliphatic rings. The molecule has 0 aliphatic carbocycles. The number of benzene rings is 1. The maximum Gasteiger partial charge on any atom is 0.258 e. The Bertz CT molecular complexity index is 539. The Morgan fingerprint density at radius 1 is 1.26 bits per heavy atom. The lowest BCUT2D eigenvalue weighted by Gasteiger charge is -2.30. The van der Waals surface area contributed by atoms with Crippen molar-refractivity contribution in [2.24, 2.45) is 0 Å². The number of carbonyl (C=O) groups excluding carboxylic acids is 2. The molecule has 0 fully saturated rings. The van der Waals surface area contributed by atoms with Crippen molar-refractivity contribution in [3.05, 3.63) is 23.8 Å². The Balaban J connectivity index is 2.69. The summed E-state index contributed by atoms with van der Waals surface area (Å²) in [6.07, 6.45) is 0. The lowest BCUT2D eigenvalue weighted by molar-refractivity contribution is -0.122. The largest absolute Gasteiger partial charge is 0.398 e. The molecule has 1 heterocycles. The van der Waals surface area contributed by atoms with Gasteiger partial charge >= 0.3 is 0 Å². The van der Waals surface area contributed by atoms with Crippen LogP contribution in [0.3, 0.4) is 0 Å². The van der Waals surface area contributed by atoms with Crippen LogP contribution in [0, 0.1) is 0 Å². The Morgan fingerprint density at radius 2 is 1.89 bits per heavy atom. The summed E-state index contributed by atoms with van der Waals surface area (Å²) in [5.41, 5.74) is 7.32. The molecule has 1 aromatic rings. The number of likely N-dealkylation sites (N-methyl/N-ethyl adjacent to an activating group) is 1. The van der Waals surface area contributed by atoms with Crippen molar-refractivity contribution in [2.75, 3.05) is 17.7 Å². The fraction of sp³-hybridized carbons (Fsp3) is 0.429. The highest BCUT2D eigenvalue weighted by Crippen LogP contribution is 2.31. The average molecular weight is 261 g/mol. The molecule has 0 bridgehead atoms. The lowest BCUT2D eigenvalue weighted by Crippen LogP contribution is -2.48. The van der Waals surface area contributed by atoms with Crippen LogP contribution in [-0.4, -0.2) is 35.8 Å². The lowest BCUT2D eigenvalue weighted by atomic mass is 10.1. The van der Waals surface area contributed by atoms with Crippen molar-refractivity contribution < 1.29 is 9.59 Å². The average Bonchev–Trinajstić information content (AvgIpc) is 2.41. The summed E-state index contributed by atoms with van der Waals surface area (Å²) in [6.45, 7) is 5.54. The highest BCUT2D eigenvalue weighted by molar-refractivity contribution is 6.13. The number of nitrogens with two attached hydrogens (primary N) is 1. The number of nitrogen functional groups attached to an aromatic ring is 1. The van der Waals surface area contributed by atoms with Gasteiger partial charge in [0, 0.05) is 18.8 Å². The van der Waals surface area contributed by atoms with E-state index in [2.05, 4.69) is 0 Å². The third-order valence-electron chi connectivity index (χ3n) is 3.55. The van der Waals surface area contributed by atoms with Gasteiger partial charge in [-0.2, -0.15) is 0 Å². The molecule has 0 radical (unpaired) electrons. The van der Waals surface area contributed by atoms with E-state index in [-0.39, 0.29) is 17.9 Å². The summed E-state index contributed by atoms with van der Waals surface area (Å²) >= 11 is 0. The summed E-state index contributed by atoms with van der Waals surface area (Å²) in [5.74, 6) is -0.292. The number of fused-ring (bicyclic) bond motifs is 1. The number of hydrogen-bond acceptors (Lipinski definition) is 3. The van der Waals surface area contributed by atoms with Crippen molar-refractivity contribution >= 4 is 23.2 Å². The van der Waals surface area contributed by atoms with Gasteiger partial charge in [-0.15, -0.1) is 0 Å². The smallest absolute Gasteiger partial charge is 0.258 e. The van der Waals surface area contributed by atoms with Gasteiger partial charge in [-0.25, -0.2) is 0 Å². The van der Waals surface area contributed by atoms with Gasteiger partial charge in [0.25, 0.3) is 5.91 Å². The summed E-state index contributed by atoms with van der Waals surface area (Å²) in [7, 11) is 1.67. The molecular formula is C14H19N3O2. The van der Waals surface area contributed by atoms with E-state index >= 15 is 0 Å². The summed E-state index contributed by atoms with van der Waals surface area (Å²) in [6, 6.07) is 4.62. The van der Waals surface area contributed by atoms with Crippen molar-refractivity contribution in [2.45, 2.75) is 32.9 Å². The van der Waals surface area contributed by atoms with Crippen molar-refractivity contribution in [1.82, 2.24) is 4.90 Å². The van der Waals surface area contributed by atoms with Crippen LogP contribution in [0.4, 0.5) is 11.4 Å². The molecule has 5 nitrogen and oxygen atoms in total. The van der Waals surface area contributed by atoms with Gasteiger partial charge in [0.15, 0.2) is 0 Å². The van der Waals surface area contributed by atoms with Gasteiger partial charge in [0.1, 0.15) is 6.04 Å². The van der Waals surface area contributed by atoms with E-state index in [4.69, 9.17) is 5.73 Å². The summed E-state index contributed by atoms with van der Waals surface area (Å²) < 4.78 is 0. The Hall–Kier alpha value is -2.04. The molecule has 1 aromatic carbocycles. The quantitative estimate of drug-likeness (QED) is 0.779. The molecule has 1 aliphatic heterocycles. The highest BCUT2D eigenvalue weighted by atomic mass is 16.2. The minimum atomic E-state index is -0.496. The van der Waals surface area contributed by atoms with Gasteiger partial charge in [0.05, 0.1) is 11.3 Å². The van der Waals surface area contributed by atoms with Crippen LogP contribution in [-0.2, 0) is 4.79 Å². The summed E-state index contributed by atoms with van der Waals surface area (Å²) in [5, 5.41) is 0. The predicted octanol–water partition coefficient (Wildman–Crippen LogP) is 1.48. The third-order valence-corrected chi connectivity index (χ3v) is 3.55. The third kappa shape index (κ3) is 1.95. The van der Waals surface area contributed by atoms with Gasteiger partial charge < -0.3 is 15.5 Å². The number of rotatable bonds is 1. The van der Waals surface area contributed by atoms with Crippen LogP contribution in [0.25, 0.3) is 0 Å². The van der Waals surface area contributed by atoms with Crippen LogP contribution in [0.15, 0.2) is 18.2 Å². The fourth-order valence-electron chi connectivity index (χ4n) is 2.57. The van der Waals surface area contributed by atoms with Crippen LogP contribution >= 0.6 is 0 Å². The minimum Gasteiger partial charge on any atom is -0.398 e. The van der Waals surface area contributed by atoms with Crippen LogP contribution in [0.1, 0.15) is 31.1 Å². The molecule has 2 amide bonds. The Labute approximate surface area is 113 Å². The molecule has 102 valence electrons. The molecule has 1 atom stereocenters. The monoisotopic (exact) mass is 261 g/mol. The molecule has 1 unspecified atom stereocenters. The van der Waals surface area contributed by atoms with Gasteiger partial charge in [-0.05, 0) is 32.9 Å². The molecule has 2 rings (SSSR count). The number of nitrogens with zero attached hydrogens (tertiary/aromatic N) is 2. The Kier molecular flexibility index (Phi) is 3.22. The van der Waals surface area contributed by atoms with Crippen LogP contribution in [0.2, 0.25) is 0 Å². The number of hydrogen-bond donors (Lipinski definition) is 1. The van der Waals surface area contributed by atoms with E-state index in [1.807, 2.05) is 13.8 Å². The van der Waals surface area contributed by atoms with Crippen LogP contribution < -0.4 is 10.6 Å². The standard InChI is InChI=1S/C14H19N3O2/c1-8(2)17-9(3)13(18)16(4)11-7-5-6-10(15)12(11)14(17)19/h5-9H,15H2,1-4H3. The van der Waals surface area contributed by atoms with E-state index in [1.165, 1.54) is 4.90 Å². The van der Waals surface area contributed by atoms with Crippen molar-refractivity contribution in [3.63, 3.8) is 0 Å². The second kappa shape index (κ2) is 4.57. The van der Waals surface area contributed by atoms with Gasteiger partial charge in [-0.3, -0.25) is 9.59 Å². The zero-order chi connectivity index (χ0) is 14.3. The summed E-state index contributed by atoms with van der Waals surface area (Å²) in [4.78, 5) is 28.1. The first-order chi connectivity index (χ1) is 8.86. The number of amides is 2. The second-order valence-electron chi connectivity index (χ2n) is 5.12. The molecule has 0 spiro atoms. The Morgan fingerprint density at radius 3 is 2.47 bits per heavy atom. The SMILES string of the molecule is CC(C)N1C(=O)c2c(N)cccc2N(C)C(=O)C1C. The van der Waals surface area contributed by atoms with Crippen molar-refractivity contribution in [3.8, 4) is 0 Å². The first-order valence-electron chi connectivity index (χ1n) is 6.35. The molecule has 5 heteroatoms. The van der Waals surface area contributed by atoms with Gasteiger partial charge in [-0.1, -0.05) is 6.07 Å². The first-order valence-corrected chi connectivity index (χ1v) is 6.35. The van der Waals surface area contributed by atoms with E-state index in [0.29, 0.717) is 16.9 Å². The second-order valence-corrected chi connectivity index (χ2v) is 5.12. The van der Waals surface area contributed by atoms with Gasteiger partial charge in [0.2, 0.25) is 5.91 Å². The molecule has 19 heavy (non-hydrogen) atoms. The molecule has 0 saturated carbocycles. The van der Waals surface area contributed by atoms with Crippen LogP contribution in [0.5, 0.6) is 0 Å². The van der Waals surface area contributed by atoms with Crippen molar-refractivity contribution in [1.29, 1.82) is 0 Å². The molecule has 0 saturated heterocycles. The maximum atomic E-state index is 12.7. The molecular weight excluding hydrogens is 242 g/mol. The highest BCUT2D eigenvalue weighted by Gasteiger charge is 2.37. The zero-order valence-corrected chi connectivity index (χ0v) is 11.7. The zero-order valence-electron chi connectivity index (χ0n) is 11.7. The fourth-order valence-corrected chi connectivity index (χ4v) is 2.57. The van der Waals surface area contributed by atoms with E-state index in [1.54, 1.807) is 37.1 Å². The maximum absolute atomic E-state index is 12.7.